The van der Waals surface area contributed by atoms with Gasteiger partial charge in [-0.15, -0.1) is 0 Å². The molecule has 0 aromatic heterocycles. The minimum atomic E-state index is -0.249. The Kier molecular flexibility index (Phi) is 10.8. The van der Waals surface area contributed by atoms with Crippen molar-refractivity contribution in [1.82, 2.24) is 5.32 Å². The molecule has 0 radical (unpaired) electrons. The molecule has 0 aliphatic rings. The number of rotatable bonds is 12. The van der Waals surface area contributed by atoms with Crippen molar-refractivity contribution in [2.24, 2.45) is 0 Å². The lowest BCUT2D eigenvalue weighted by Gasteiger charge is -2.09. The van der Waals surface area contributed by atoms with Crippen LogP contribution in [-0.4, -0.2) is 43.1 Å². The first kappa shape index (κ1) is 23.0. The average Bonchev–Trinajstić information content (AvgIpc) is 2.68. The van der Waals surface area contributed by atoms with Crippen LogP contribution in [0, 0.1) is 0 Å². The molecule has 0 heterocycles. The molecule has 2 N–H and O–H groups in total. The standard InChI is InChI=1S/C21H25Cl2NO3S/c22-18-7-2-8-19(23)20(18)21(26)24-9-13-28-15-17-5-1-4-16(14-17)6-3-11-27-12-10-25/h1-2,4-5,7-8,14,25H,3,6,9-13,15H2,(H,24,26). The Bertz CT molecular complexity index is 738. The van der Waals surface area contributed by atoms with Crippen LogP contribution >= 0.6 is 35.0 Å². The highest BCUT2D eigenvalue weighted by molar-refractivity contribution is 7.98. The third-order valence-corrected chi connectivity index (χ3v) is 5.63. The maximum atomic E-state index is 12.2. The summed E-state index contributed by atoms with van der Waals surface area (Å²) in [4.78, 5) is 12.2. The van der Waals surface area contributed by atoms with Gasteiger partial charge in [0.05, 0.1) is 28.8 Å². The third-order valence-electron chi connectivity index (χ3n) is 3.97. The van der Waals surface area contributed by atoms with E-state index in [0.29, 0.717) is 35.4 Å². The minimum Gasteiger partial charge on any atom is -0.394 e. The number of carbonyl (C=O) groups excluding carboxylic acids is 1. The van der Waals surface area contributed by atoms with Crippen LogP contribution in [0.5, 0.6) is 0 Å². The van der Waals surface area contributed by atoms with Gasteiger partial charge >= 0.3 is 0 Å². The molecule has 2 aromatic rings. The number of carbonyl (C=O) groups is 1. The molecule has 0 atom stereocenters. The van der Waals surface area contributed by atoms with Crippen LogP contribution in [0.15, 0.2) is 42.5 Å². The first-order chi connectivity index (χ1) is 13.6. The van der Waals surface area contributed by atoms with E-state index in [1.807, 2.05) is 0 Å². The van der Waals surface area contributed by atoms with E-state index in [1.54, 1.807) is 30.0 Å². The Hall–Kier alpha value is -1.24. The van der Waals surface area contributed by atoms with Gasteiger partial charge in [-0.05, 0) is 36.1 Å². The van der Waals surface area contributed by atoms with Gasteiger partial charge in [-0.25, -0.2) is 0 Å². The van der Waals surface area contributed by atoms with Crippen LogP contribution in [-0.2, 0) is 16.9 Å². The summed E-state index contributed by atoms with van der Waals surface area (Å²) in [5.41, 5.74) is 2.87. The molecule has 0 spiro atoms. The first-order valence-electron chi connectivity index (χ1n) is 9.18. The summed E-state index contributed by atoms with van der Waals surface area (Å²) in [6.07, 6.45) is 1.89. The molecule has 4 nitrogen and oxygen atoms in total. The summed E-state index contributed by atoms with van der Waals surface area (Å²) in [5.74, 6) is 1.44. The zero-order chi connectivity index (χ0) is 20.2. The maximum absolute atomic E-state index is 12.2. The number of benzene rings is 2. The fourth-order valence-corrected chi connectivity index (χ4v) is 4.02. The van der Waals surface area contributed by atoms with Gasteiger partial charge in [0.15, 0.2) is 0 Å². The van der Waals surface area contributed by atoms with E-state index >= 15 is 0 Å². The lowest BCUT2D eigenvalue weighted by molar-refractivity contribution is 0.0909. The zero-order valence-electron chi connectivity index (χ0n) is 15.6. The number of hydrogen-bond acceptors (Lipinski definition) is 4. The third kappa shape index (κ3) is 8.02. The highest BCUT2D eigenvalue weighted by atomic mass is 35.5. The predicted octanol–water partition coefficient (Wildman–Crippen LogP) is 4.60. The molecule has 2 aromatic carbocycles. The number of halogens is 2. The fraction of sp³-hybridized carbons (Fsp3) is 0.381. The number of nitrogens with one attached hydrogen (secondary N) is 1. The molecule has 0 fully saturated rings. The average molecular weight is 442 g/mol. The number of thioether (sulfide) groups is 1. The quantitative estimate of drug-likeness (QED) is 0.472. The number of hydrogen-bond donors (Lipinski definition) is 2. The number of aliphatic hydroxyl groups excluding tert-OH is 1. The molecule has 1 amide bonds. The van der Waals surface area contributed by atoms with Gasteiger partial charge in [-0.3, -0.25) is 4.79 Å². The number of ether oxygens (including phenoxy) is 1. The van der Waals surface area contributed by atoms with E-state index in [1.165, 1.54) is 11.1 Å². The molecule has 0 bridgehead atoms. The summed E-state index contributed by atoms with van der Waals surface area (Å²) >= 11 is 13.9. The molecule has 152 valence electrons. The number of aryl methyl sites for hydroxylation is 1. The Balaban J connectivity index is 1.68. The summed E-state index contributed by atoms with van der Waals surface area (Å²) in [6, 6.07) is 13.5. The van der Waals surface area contributed by atoms with Gasteiger partial charge in [0.1, 0.15) is 0 Å². The fourth-order valence-electron chi connectivity index (χ4n) is 2.65. The van der Waals surface area contributed by atoms with Gasteiger partial charge in [0.2, 0.25) is 0 Å². The van der Waals surface area contributed by atoms with E-state index in [9.17, 15) is 4.79 Å². The zero-order valence-corrected chi connectivity index (χ0v) is 18.0. The highest BCUT2D eigenvalue weighted by Crippen LogP contribution is 2.24. The lowest BCUT2D eigenvalue weighted by Crippen LogP contribution is -2.26. The van der Waals surface area contributed by atoms with Gasteiger partial charge < -0.3 is 15.2 Å². The molecule has 0 aliphatic heterocycles. The lowest BCUT2D eigenvalue weighted by atomic mass is 10.1. The van der Waals surface area contributed by atoms with Crippen LogP contribution < -0.4 is 5.32 Å². The van der Waals surface area contributed by atoms with Crippen LogP contribution in [0.1, 0.15) is 27.9 Å². The molecule has 0 unspecified atom stereocenters. The van der Waals surface area contributed by atoms with Crippen LogP contribution in [0.3, 0.4) is 0 Å². The maximum Gasteiger partial charge on any atom is 0.254 e. The normalized spacial score (nSPS) is 10.8. The summed E-state index contributed by atoms with van der Waals surface area (Å²) in [6.45, 7) is 1.68. The van der Waals surface area contributed by atoms with E-state index < -0.39 is 0 Å². The van der Waals surface area contributed by atoms with Crippen LogP contribution in [0.25, 0.3) is 0 Å². The number of aliphatic hydroxyl groups is 1. The largest absolute Gasteiger partial charge is 0.394 e. The van der Waals surface area contributed by atoms with Gasteiger partial charge in [0.25, 0.3) is 5.91 Å². The molecule has 28 heavy (non-hydrogen) atoms. The van der Waals surface area contributed by atoms with Crippen molar-refractivity contribution < 1.29 is 14.6 Å². The highest BCUT2D eigenvalue weighted by Gasteiger charge is 2.13. The van der Waals surface area contributed by atoms with Crippen molar-refractivity contribution in [3.63, 3.8) is 0 Å². The molecule has 2 rings (SSSR count). The number of amides is 1. The summed E-state index contributed by atoms with van der Waals surface area (Å²) in [7, 11) is 0. The Morgan fingerprint density at radius 1 is 1.07 bits per heavy atom. The SMILES string of the molecule is O=C(NCCSCc1cccc(CCCOCCO)c1)c1c(Cl)cccc1Cl. The van der Waals surface area contributed by atoms with Gasteiger partial charge in [-0.1, -0.05) is 53.5 Å². The minimum absolute atomic E-state index is 0.0680. The molecule has 7 heteroatoms. The predicted molar refractivity (Wildman–Crippen MR) is 118 cm³/mol. The van der Waals surface area contributed by atoms with Crippen molar-refractivity contribution in [1.29, 1.82) is 0 Å². The second-order valence-electron chi connectivity index (χ2n) is 6.16. The molecule has 0 saturated heterocycles. The molecule has 0 saturated carbocycles. The first-order valence-corrected chi connectivity index (χ1v) is 11.1. The smallest absolute Gasteiger partial charge is 0.254 e. The Labute approximate surface area is 180 Å². The Morgan fingerprint density at radius 3 is 2.54 bits per heavy atom. The molecular weight excluding hydrogens is 417 g/mol. The van der Waals surface area contributed by atoms with E-state index in [0.717, 1.165) is 24.3 Å². The van der Waals surface area contributed by atoms with Crippen LogP contribution in [0.4, 0.5) is 0 Å². The van der Waals surface area contributed by atoms with E-state index in [4.69, 9.17) is 33.0 Å². The topological polar surface area (TPSA) is 58.6 Å². The second kappa shape index (κ2) is 13.1. The summed E-state index contributed by atoms with van der Waals surface area (Å²) < 4.78 is 5.29. The Morgan fingerprint density at radius 2 is 1.79 bits per heavy atom. The monoisotopic (exact) mass is 441 g/mol. The second-order valence-corrected chi connectivity index (χ2v) is 8.08. The van der Waals surface area contributed by atoms with E-state index in [2.05, 4.69) is 29.6 Å². The van der Waals surface area contributed by atoms with Crippen LogP contribution in [0.2, 0.25) is 10.0 Å². The van der Waals surface area contributed by atoms with Gasteiger partial charge in [-0.2, -0.15) is 11.8 Å². The van der Waals surface area contributed by atoms with Crippen molar-refractivity contribution in [3.8, 4) is 0 Å². The summed E-state index contributed by atoms with van der Waals surface area (Å²) in [5, 5.41) is 12.3. The van der Waals surface area contributed by atoms with Gasteiger partial charge in [0, 0.05) is 24.7 Å². The van der Waals surface area contributed by atoms with Crippen molar-refractivity contribution in [2.75, 3.05) is 32.1 Å². The van der Waals surface area contributed by atoms with Crippen molar-refractivity contribution in [3.05, 3.63) is 69.2 Å². The van der Waals surface area contributed by atoms with E-state index in [-0.39, 0.29) is 12.5 Å². The van der Waals surface area contributed by atoms with Crippen molar-refractivity contribution in [2.45, 2.75) is 18.6 Å². The molecular formula is C21H25Cl2NO3S. The molecule has 0 aliphatic carbocycles. The van der Waals surface area contributed by atoms with Crippen molar-refractivity contribution >= 4 is 40.9 Å².